The molecule has 3 rings (SSSR count). The number of hydrogen-bond acceptors (Lipinski definition) is 2. The molecule has 1 aromatic heterocycles. The van der Waals surface area contributed by atoms with Gasteiger partial charge in [0.05, 0.1) is 6.33 Å². The average Bonchev–Trinajstić information content (AvgIpc) is 3.10. The number of anilines is 1. The van der Waals surface area contributed by atoms with Crippen LogP contribution in [0.1, 0.15) is 5.56 Å². The second-order valence-electron chi connectivity index (χ2n) is 4.94. The quantitative estimate of drug-likeness (QED) is 0.543. The fourth-order valence-corrected chi connectivity index (χ4v) is 2.21. The molecular formula is C18H15ClN4. The highest BCUT2D eigenvalue weighted by atomic mass is 35.5. The van der Waals surface area contributed by atoms with Gasteiger partial charge in [-0.05, 0) is 48.0 Å². The minimum Gasteiger partial charge on any atom is -0.341 e. The Hall–Kier alpha value is -2.85. The number of aromatic nitrogens is 2. The molecular weight excluding hydrogens is 308 g/mol. The minimum absolute atomic E-state index is 0.311. The molecule has 0 radical (unpaired) electrons. The van der Waals surface area contributed by atoms with Crippen molar-refractivity contribution in [3.05, 3.63) is 83.9 Å². The number of halogens is 1. The molecule has 3 aromatic rings. The number of benzene rings is 2. The Morgan fingerprint density at radius 1 is 1.09 bits per heavy atom. The predicted octanol–water partition coefficient (Wildman–Crippen LogP) is 4.63. The van der Waals surface area contributed by atoms with Gasteiger partial charge in [-0.3, -0.25) is 5.41 Å². The molecule has 0 spiro atoms. The number of hydrogen-bond donors (Lipinski definition) is 2. The number of nitrogens with zero attached hydrogens (tertiary/aromatic N) is 2. The Morgan fingerprint density at radius 3 is 2.48 bits per heavy atom. The lowest BCUT2D eigenvalue weighted by Crippen LogP contribution is -2.06. The van der Waals surface area contributed by atoms with E-state index >= 15 is 0 Å². The van der Waals surface area contributed by atoms with Gasteiger partial charge < -0.3 is 9.88 Å². The van der Waals surface area contributed by atoms with Crippen LogP contribution in [0.5, 0.6) is 0 Å². The Bertz CT molecular complexity index is 803. The van der Waals surface area contributed by atoms with E-state index in [2.05, 4.69) is 10.3 Å². The van der Waals surface area contributed by atoms with Crippen molar-refractivity contribution in [2.24, 2.45) is 0 Å². The molecule has 2 N–H and O–H groups in total. The van der Waals surface area contributed by atoms with Crippen LogP contribution in [-0.4, -0.2) is 15.4 Å². The SMILES string of the molecule is N=C(/C=C/c1ccc(-n2ccnc2)cc1)Nc1ccc(Cl)cc1. The zero-order chi connectivity index (χ0) is 16.1. The van der Waals surface area contributed by atoms with E-state index in [4.69, 9.17) is 17.0 Å². The molecule has 5 heteroatoms. The van der Waals surface area contributed by atoms with Crippen LogP contribution in [0.4, 0.5) is 5.69 Å². The van der Waals surface area contributed by atoms with Crippen LogP contribution in [-0.2, 0) is 0 Å². The number of amidine groups is 1. The van der Waals surface area contributed by atoms with Crippen molar-refractivity contribution in [3.63, 3.8) is 0 Å². The summed E-state index contributed by atoms with van der Waals surface area (Å²) in [5.74, 6) is 0.311. The molecule has 0 saturated carbocycles. The van der Waals surface area contributed by atoms with E-state index in [1.54, 1.807) is 30.7 Å². The van der Waals surface area contributed by atoms with Crippen LogP contribution in [0.2, 0.25) is 5.02 Å². The summed E-state index contributed by atoms with van der Waals surface area (Å²) in [7, 11) is 0. The van der Waals surface area contributed by atoms with Gasteiger partial charge in [0.25, 0.3) is 0 Å². The molecule has 0 bridgehead atoms. The molecule has 1 heterocycles. The standard InChI is InChI=1S/C18H15ClN4/c19-15-4-6-16(7-5-15)22-18(20)10-3-14-1-8-17(9-2-14)23-12-11-21-13-23/h1-13H,(H2,20,22)/b10-3+. The summed E-state index contributed by atoms with van der Waals surface area (Å²) >= 11 is 5.84. The molecule has 0 unspecified atom stereocenters. The fraction of sp³-hybridized carbons (Fsp3) is 0. The molecule has 23 heavy (non-hydrogen) atoms. The Labute approximate surface area is 139 Å². The lowest BCUT2D eigenvalue weighted by Gasteiger charge is -2.04. The largest absolute Gasteiger partial charge is 0.341 e. The van der Waals surface area contributed by atoms with Gasteiger partial charge in [-0.25, -0.2) is 4.98 Å². The van der Waals surface area contributed by atoms with Crippen molar-refractivity contribution in [3.8, 4) is 5.69 Å². The van der Waals surface area contributed by atoms with Crippen LogP contribution < -0.4 is 5.32 Å². The third kappa shape index (κ3) is 4.08. The van der Waals surface area contributed by atoms with Gasteiger partial charge in [-0.2, -0.15) is 0 Å². The molecule has 0 aliphatic heterocycles. The zero-order valence-corrected chi connectivity index (χ0v) is 13.0. The molecule has 0 atom stereocenters. The maximum absolute atomic E-state index is 7.94. The third-order valence-corrected chi connectivity index (χ3v) is 3.51. The van der Waals surface area contributed by atoms with E-state index in [9.17, 15) is 0 Å². The summed E-state index contributed by atoms with van der Waals surface area (Å²) < 4.78 is 1.94. The molecule has 0 saturated heterocycles. The second kappa shape index (κ2) is 6.94. The topological polar surface area (TPSA) is 53.7 Å². The first-order valence-corrected chi connectivity index (χ1v) is 7.46. The van der Waals surface area contributed by atoms with Crippen LogP contribution in [0.3, 0.4) is 0 Å². The first-order valence-electron chi connectivity index (χ1n) is 7.08. The Morgan fingerprint density at radius 2 is 1.83 bits per heavy atom. The van der Waals surface area contributed by atoms with Crippen LogP contribution >= 0.6 is 11.6 Å². The molecule has 0 amide bonds. The second-order valence-corrected chi connectivity index (χ2v) is 5.38. The van der Waals surface area contributed by atoms with Crippen LogP contribution in [0.25, 0.3) is 11.8 Å². The lowest BCUT2D eigenvalue weighted by molar-refractivity contribution is 1.06. The van der Waals surface area contributed by atoms with Gasteiger partial charge in [0, 0.05) is 28.8 Å². The monoisotopic (exact) mass is 322 g/mol. The molecule has 0 aliphatic rings. The van der Waals surface area contributed by atoms with Crippen molar-refractivity contribution < 1.29 is 0 Å². The first kappa shape index (κ1) is 15.1. The van der Waals surface area contributed by atoms with E-state index in [-0.39, 0.29) is 0 Å². The molecule has 0 fully saturated rings. The van der Waals surface area contributed by atoms with E-state index < -0.39 is 0 Å². The van der Waals surface area contributed by atoms with Crippen molar-refractivity contribution in [2.45, 2.75) is 0 Å². The summed E-state index contributed by atoms with van der Waals surface area (Å²) in [6.45, 7) is 0. The highest BCUT2D eigenvalue weighted by Crippen LogP contribution is 2.14. The van der Waals surface area contributed by atoms with E-state index in [1.807, 2.05) is 53.2 Å². The third-order valence-electron chi connectivity index (χ3n) is 3.26. The highest BCUT2D eigenvalue weighted by Gasteiger charge is 1.96. The molecule has 0 aliphatic carbocycles. The van der Waals surface area contributed by atoms with Gasteiger partial charge in [0.15, 0.2) is 0 Å². The summed E-state index contributed by atoms with van der Waals surface area (Å²) in [5, 5.41) is 11.6. The molecule has 2 aromatic carbocycles. The van der Waals surface area contributed by atoms with Crippen LogP contribution in [0, 0.1) is 5.41 Å². The van der Waals surface area contributed by atoms with Crippen LogP contribution in [0.15, 0.2) is 73.3 Å². The maximum Gasteiger partial charge on any atom is 0.122 e. The molecule has 4 nitrogen and oxygen atoms in total. The number of nitrogens with one attached hydrogen (secondary N) is 2. The first-order chi connectivity index (χ1) is 11.2. The van der Waals surface area contributed by atoms with Gasteiger partial charge in [0.1, 0.15) is 5.84 Å². The number of rotatable bonds is 4. The lowest BCUT2D eigenvalue weighted by atomic mass is 10.2. The summed E-state index contributed by atoms with van der Waals surface area (Å²) in [6, 6.07) is 15.3. The van der Waals surface area contributed by atoms with Gasteiger partial charge >= 0.3 is 0 Å². The fourth-order valence-electron chi connectivity index (χ4n) is 2.08. The van der Waals surface area contributed by atoms with Crippen molar-refractivity contribution >= 4 is 29.2 Å². The average molecular weight is 323 g/mol. The smallest absolute Gasteiger partial charge is 0.122 e. The molecule has 114 valence electrons. The maximum atomic E-state index is 7.94. The van der Waals surface area contributed by atoms with E-state index in [1.165, 1.54) is 0 Å². The zero-order valence-electron chi connectivity index (χ0n) is 12.3. The van der Waals surface area contributed by atoms with E-state index in [0.717, 1.165) is 16.9 Å². The summed E-state index contributed by atoms with van der Waals surface area (Å²) in [4.78, 5) is 4.03. The van der Waals surface area contributed by atoms with Crippen molar-refractivity contribution in [1.29, 1.82) is 5.41 Å². The summed E-state index contributed by atoms with van der Waals surface area (Å²) in [6.07, 6.45) is 9.02. The normalized spacial score (nSPS) is 10.8. The minimum atomic E-state index is 0.311. The summed E-state index contributed by atoms with van der Waals surface area (Å²) in [5.41, 5.74) is 2.91. The van der Waals surface area contributed by atoms with Crippen molar-refractivity contribution in [2.75, 3.05) is 5.32 Å². The van der Waals surface area contributed by atoms with Crippen molar-refractivity contribution in [1.82, 2.24) is 9.55 Å². The highest BCUT2D eigenvalue weighted by molar-refractivity contribution is 6.30. The predicted molar refractivity (Wildman–Crippen MR) is 95.4 cm³/mol. The number of imidazole rings is 1. The van der Waals surface area contributed by atoms with E-state index in [0.29, 0.717) is 10.9 Å². The van der Waals surface area contributed by atoms with Gasteiger partial charge in [-0.1, -0.05) is 29.8 Å². The Kier molecular flexibility index (Phi) is 4.54. The Balaban J connectivity index is 1.63. The van der Waals surface area contributed by atoms with Gasteiger partial charge in [-0.15, -0.1) is 0 Å². The van der Waals surface area contributed by atoms with Gasteiger partial charge in [0.2, 0.25) is 0 Å².